The van der Waals surface area contributed by atoms with Crippen molar-refractivity contribution in [2.24, 2.45) is 11.8 Å². The lowest BCUT2D eigenvalue weighted by Gasteiger charge is -2.34. The van der Waals surface area contributed by atoms with Crippen LogP contribution in [0.25, 0.3) is 0 Å². The lowest BCUT2D eigenvalue weighted by Crippen LogP contribution is -2.56. The van der Waals surface area contributed by atoms with Crippen LogP contribution in [-0.4, -0.2) is 64.2 Å². The molecule has 1 aromatic rings. The second-order valence-corrected chi connectivity index (χ2v) is 10.00. The Hall–Kier alpha value is -2.45. The zero-order chi connectivity index (χ0) is 24.5. The summed E-state index contributed by atoms with van der Waals surface area (Å²) in [6, 6.07) is 8.36. The van der Waals surface area contributed by atoms with E-state index in [9.17, 15) is 19.5 Å². The van der Waals surface area contributed by atoms with Gasteiger partial charge in [-0.3, -0.25) is 14.4 Å². The highest BCUT2D eigenvalue weighted by Gasteiger charge is 2.78. The first-order valence-corrected chi connectivity index (χ1v) is 12.6. The summed E-state index contributed by atoms with van der Waals surface area (Å²) in [4.78, 5) is 42.6. The molecule has 6 atom stereocenters. The van der Waals surface area contributed by atoms with Crippen LogP contribution < -0.4 is 10.6 Å². The van der Waals surface area contributed by atoms with E-state index in [0.717, 1.165) is 12.8 Å². The van der Waals surface area contributed by atoms with Gasteiger partial charge in [0.15, 0.2) is 0 Å². The van der Waals surface area contributed by atoms with E-state index < -0.39 is 29.1 Å². The van der Waals surface area contributed by atoms with E-state index in [0.29, 0.717) is 31.4 Å². The molecule has 8 heteroatoms. The van der Waals surface area contributed by atoms with Crippen molar-refractivity contribution in [2.45, 2.75) is 82.6 Å². The highest BCUT2D eigenvalue weighted by molar-refractivity contribution is 6.02. The Bertz CT molecular complexity index is 924. The zero-order valence-corrected chi connectivity index (χ0v) is 20.4. The van der Waals surface area contributed by atoms with Gasteiger partial charge in [0.2, 0.25) is 17.7 Å². The van der Waals surface area contributed by atoms with Crippen LogP contribution in [0.15, 0.2) is 30.3 Å². The van der Waals surface area contributed by atoms with Crippen LogP contribution in [0.3, 0.4) is 0 Å². The fourth-order valence-corrected chi connectivity index (χ4v) is 6.47. The maximum Gasteiger partial charge on any atom is 0.246 e. The van der Waals surface area contributed by atoms with Crippen LogP contribution in [0.2, 0.25) is 0 Å². The molecule has 34 heavy (non-hydrogen) atoms. The molecule has 3 saturated heterocycles. The Morgan fingerprint density at radius 2 is 1.94 bits per heavy atom. The molecule has 2 bridgehead atoms. The maximum absolute atomic E-state index is 13.8. The number of amides is 3. The largest absolute Gasteiger partial charge is 0.396 e. The smallest absolute Gasteiger partial charge is 0.246 e. The number of aliphatic hydroxyl groups is 1. The predicted molar refractivity (Wildman–Crippen MR) is 128 cm³/mol. The molecule has 3 amide bonds. The number of benzene rings is 1. The monoisotopic (exact) mass is 471 g/mol. The molecule has 3 N–H and O–H groups in total. The average Bonchev–Trinajstić information content (AvgIpc) is 3.42. The van der Waals surface area contributed by atoms with Crippen molar-refractivity contribution in [3.8, 4) is 0 Å². The van der Waals surface area contributed by atoms with Gasteiger partial charge in [0.1, 0.15) is 11.6 Å². The van der Waals surface area contributed by atoms with Crippen molar-refractivity contribution in [1.82, 2.24) is 10.2 Å². The predicted octanol–water partition coefficient (Wildman–Crippen LogP) is 2.47. The van der Waals surface area contributed by atoms with Crippen LogP contribution in [0.4, 0.5) is 5.69 Å². The number of aliphatic hydroxyl groups excluding tert-OH is 1. The number of carbonyl (C=O) groups is 3. The van der Waals surface area contributed by atoms with E-state index >= 15 is 0 Å². The van der Waals surface area contributed by atoms with Gasteiger partial charge >= 0.3 is 0 Å². The quantitative estimate of drug-likeness (QED) is 0.486. The summed E-state index contributed by atoms with van der Waals surface area (Å²) in [6.45, 7) is 6.17. The molecule has 3 unspecified atom stereocenters. The standard InChI is InChI=1S/C26H37N3O5/c1-4-10-17(3)27-23(32)21-26-14-13-25(5-2,34-26)19(20(26)24(33)29(21)15-9-16-30)22(31)28-18-11-7-6-8-12-18/h6-8,11-12,17,19-21,30H,4-5,9-10,13-16H2,1-3H3,(H,27,32)(H,28,31)/t17?,19-,20-,21?,25+,26?/m0/s1. The summed E-state index contributed by atoms with van der Waals surface area (Å²) < 4.78 is 6.70. The number of hydrogen-bond donors (Lipinski definition) is 3. The Labute approximate surface area is 201 Å². The van der Waals surface area contributed by atoms with Crippen molar-refractivity contribution in [2.75, 3.05) is 18.5 Å². The van der Waals surface area contributed by atoms with Gasteiger partial charge in [0.25, 0.3) is 0 Å². The second-order valence-electron chi connectivity index (χ2n) is 10.00. The van der Waals surface area contributed by atoms with Gasteiger partial charge in [-0.05, 0) is 51.2 Å². The van der Waals surface area contributed by atoms with Crippen LogP contribution in [-0.2, 0) is 19.1 Å². The molecule has 0 aromatic heterocycles. The summed E-state index contributed by atoms with van der Waals surface area (Å²) in [7, 11) is 0. The molecule has 1 spiro atoms. The van der Waals surface area contributed by atoms with Crippen molar-refractivity contribution in [1.29, 1.82) is 0 Å². The molecule has 1 aromatic carbocycles. The van der Waals surface area contributed by atoms with E-state index in [4.69, 9.17) is 4.74 Å². The summed E-state index contributed by atoms with van der Waals surface area (Å²) in [5, 5.41) is 15.5. The van der Waals surface area contributed by atoms with E-state index in [2.05, 4.69) is 17.6 Å². The number of fused-ring (bicyclic) bond motifs is 1. The maximum atomic E-state index is 13.8. The first-order valence-electron chi connectivity index (χ1n) is 12.6. The molecule has 3 heterocycles. The minimum atomic E-state index is -1.03. The lowest BCUT2D eigenvalue weighted by atomic mass is 9.65. The molecule has 4 rings (SSSR count). The first-order chi connectivity index (χ1) is 16.3. The molecule has 0 radical (unpaired) electrons. The van der Waals surface area contributed by atoms with Crippen LogP contribution in [0.5, 0.6) is 0 Å². The van der Waals surface area contributed by atoms with E-state index in [1.165, 1.54) is 0 Å². The number of carbonyl (C=O) groups excluding carboxylic acids is 3. The minimum absolute atomic E-state index is 0.0290. The Balaban J connectivity index is 1.70. The molecule has 3 aliphatic heterocycles. The Kier molecular flexibility index (Phi) is 7.01. The van der Waals surface area contributed by atoms with Gasteiger partial charge in [0, 0.05) is 24.9 Å². The highest BCUT2D eigenvalue weighted by Crippen LogP contribution is 2.64. The second kappa shape index (κ2) is 9.66. The Morgan fingerprint density at radius 3 is 2.59 bits per heavy atom. The van der Waals surface area contributed by atoms with Gasteiger partial charge < -0.3 is 25.4 Å². The van der Waals surface area contributed by atoms with Crippen molar-refractivity contribution in [3.05, 3.63) is 30.3 Å². The molecule has 3 fully saturated rings. The van der Waals surface area contributed by atoms with Crippen LogP contribution in [0.1, 0.15) is 59.3 Å². The fourth-order valence-electron chi connectivity index (χ4n) is 6.47. The molecular weight excluding hydrogens is 434 g/mol. The SMILES string of the molecule is CCCC(C)NC(=O)C1N(CCCO)C(=O)[C@@H]2[C@@H](C(=O)Nc3ccccc3)[C@@]3(CC)CCC12O3. The Morgan fingerprint density at radius 1 is 1.21 bits per heavy atom. The van der Waals surface area contributed by atoms with E-state index in [1.54, 1.807) is 4.90 Å². The highest BCUT2D eigenvalue weighted by atomic mass is 16.5. The van der Waals surface area contributed by atoms with E-state index in [-0.39, 0.29) is 36.9 Å². The summed E-state index contributed by atoms with van der Waals surface area (Å²) in [6.07, 6.45) is 3.90. The van der Waals surface area contributed by atoms with Gasteiger partial charge in [-0.15, -0.1) is 0 Å². The number of nitrogens with one attached hydrogen (secondary N) is 2. The summed E-state index contributed by atoms with van der Waals surface area (Å²) in [5.74, 6) is -2.09. The van der Waals surface area contributed by atoms with Crippen molar-refractivity contribution < 1.29 is 24.2 Å². The molecule has 186 valence electrons. The number of ether oxygens (including phenoxy) is 1. The zero-order valence-electron chi connectivity index (χ0n) is 20.4. The minimum Gasteiger partial charge on any atom is -0.396 e. The topological polar surface area (TPSA) is 108 Å². The molecule has 3 aliphatic rings. The van der Waals surface area contributed by atoms with Gasteiger partial charge in [0.05, 0.1) is 17.4 Å². The van der Waals surface area contributed by atoms with Crippen molar-refractivity contribution in [3.63, 3.8) is 0 Å². The third kappa shape index (κ3) is 3.90. The number of rotatable bonds is 10. The summed E-state index contributed by atoms with van der Waals surface area (Å²) >= 11 is 0. The molecule has 8 nitrogen and oxygen atoms in total. The lowest BCUT2D eigenvalue weighted by molar-refractivity contribution is -0.146. The summed E-state index contributed by atoms with van der Waals surface area (Å²) in [5.41, 5.74) is -1.13. The van der Waals surface area contributed by atoms with Crippen LogP contribution in [0, 0.1) is 11.8 Å². The van der Waals surface area contributed by atoms with Crippen LogP contribution >= 0.6 is 0 Å². The van der Waals surface area contributed by atoms with Crippen molar-refractivity contribution >= 4 is 23.4 Å². The number of likely N-dealkylation sites (tertiary alicyclic amines) is 1. The normalized spacial score (nSPS) is 32.5. The first kappa shape index (κ1) is 24.7. The van der Waals surface area contributed by atoms with Gasteiger partial charge in [-0.2, -0.15) is 0 Å². The third-order valence-electron chi connectivity index (χ3n) is 7.92. The third-order valence-corrected chi connectivity index (χ3v) is 7.92. The van der Waals surface area contributed by atoms with Gasteiger partial charge in [-0.25, -0.2) is 0 Å². The molecule has 0 saturated carbocycles. The molecular formula is C26H37N3O5. The number of para-hydroxylation sites is 1. The average molecular weight is 472 g/mol. The van der Waals surface area contributed by atoms with Gasteiger partial charge in [-0.1, -0.05) is 38.5 Å². The molecule has 0 aliphatic carbocycles. The number of anilines is 1. The number of nitrogens with zero attached hydrogens (tertiary/aromatic N) is 1. The fraction of sp³-hybridized carbons (Fsp3) is 0.654. The number of hydrogen-bond acceptors (Lipinski definition) is 5. The van der Waals surface area contributed by atoms with E-state index in [1.807, 2.05) is 44.2 Å².